The number of H-pyrrole nitrogens is 1. The molecule has 1 aliphatic heterocycles. The minimum Gasteiger partial charge on any atom is -0.502 e. The Balaban J connectivity index is 1.70. The fraction of sp³-hybridized carbons (Fsp3) is 0.154. The lowest BCUT2D eigenvalue weighted by Gasteiger charge is -2.27. The van der Waals surface area contributed by atoms with Gasteiger partial charge in [-0.25, -0.2) is 0 Å². The molecule has 1 atom stereocenters. The number of carbonyl (C=O) groups is 1. The van der Waals surface area contributed by atoms with E-state index in [1.54, 1.807) is 17.0 Å². The molecule has 0 fully saturated rings. The van der Waals surface area contributed by atoms with Crippen LogP contribution < -0.4 is 9.47 Å². The quantitative estimate of drug-likeness (QED) is 0.459. The standard InChI is InChI=1S/C26H23N3O4/c1-32-19-13-18(14-20(33-2)25(19)30)24-21-22(17-11-7-4-8-12-17)27-28-23(21)26(31)29(24)15-16-9-5-3-6-10-16/h3-14,24,30H,15H2,1-2H3,(H,27,28). The van der Waals surface area contributed by atoms with Gasteiger partial charge in [-0.2, -0.15) is 5.10 Å². The summed E-state index contributed by atoms with van der Waals surface area (Å²) in [6.45, 7) is 0.409. The molecule has 1 unspecified atom stereocenters. The average Bonchev–Trinajstić information content (AvgIpc) is 3.40. The van der Waals surface area contributed by atoms with Crippen molar-refractivity contribution in [1.29, 1.82) is 0 Å². The van der Waals surface area contributed by atoms with Crippen LogP contribution in [-0.2, 0) is 6.54 Å². The van der Waals surface area contributed by atoms with Crippen LogP contribution in [0.15, 0.2) is 72.8 Å². The first-order valence-corrected chi connectivity index (χ1v) is 10.6. The number of phenols is 1. The number of ether oxygens (including phenoxy) is 2. The predicted octanol–water partition coefficient (Wildman–Crippen LogP) is 4.54. The van der Waals surface area contributed by atoms with Crippen molar-refractivity contribution in [2.75, 3.05) is 14.2 Å². The van der Waals surface area contributed by atoms with Gasteiger partial charge < -0.3 is 19.5 Å². The minimum atomic E-state index is -0.454. The molecule has 1 aromatic heterocycles. The summed E-state index contributed by atoms with van der Waals surface area (Å²) in [5.74, 6) is 0.322. The number of benzene rings is 3. The molecule has 0 radical (unpaired) electrons. The van der Waals surface area contributed by atoms with Crippen LogP contribution in [0.1, 0.15) is 33.2 Å². The van der Waals surface area contributed by atoms with Gasteiger partial charge in [0.1, 0.15) is 5.69 Å². The number of phenolic OH excluding ortho intramolecular Hbond substituents is 1. The van der Waals surface area contributed by atoms with Gasteiger partial charge in [-0.05, 0) is 23.3 Å². The van der Waals surface area contributed by atoms with Gasteiger partial charge in [-0.3, -0.25) is 9.89 Å². The summed E-state index contributed by atoms with van der Waals surface area (Å²) in [5.41, 5.74) is 4.63. The largest absolute Gasteiger partial charge is 0.502 e. The SMILES string of the molecule is COc1cc(C2c3c(-c4ccccc4)n[nH]c3C(=O)N2Cc2ccccc2)cc(OC)c1O. The van der Waals surface area contributed by atoms with Crippen LogP contribution in [0.25, 0.3) is 11.3 Å². The molecule has 33 heavy (non-hydrogen) atoms. The highest BCUT2D eigenvalue weighted by molar-refractivity contribution is 6.00. The second kappa shape index (κ2) is 8.35. The zero-order valence-electron chi connectivity index (χ0n) is 18.3. The van der Waals surface area contributed by atoms with Crippen molar-refractivity contribution in [3.63, 3.8) is 0 Å². The molecule has 1 aliphatic rings. The van der Waals surface area contributed by atoms with E-state index in [0.717, 1.165) is 22.3 Å². The monoisotopic (exact) mass is 441 g/mol. The lowest BCUT2D eigenvalue weighted by Crippen LogP contribution is -2.29. The summed E-state index contributed by atoms with van der Waals surface area (Å²) in [6, 6.07) is 22.6. The Hall–Kier alpha value is -4.26. The first-order valence-electron chi connectivity index (χ1n) is 10.6. The number of aromatic nitrogens is 2. The third-order valence-electron chi connectivity index (χ3n) is 5.92. The van der Waals surface area contributed by atoms with Crippen molar-refractivity contribution in [2.45, 2.75) is 12.6 Å². The van der Waals surface area contributed by atoms with Gasteiger partial charge in [0, 0.05) is 17.7 Å². The molecule has 166 valence electrons. The van der Waals surface area contributed by atoms with Crippen LogP contribution in [0.5, 0.6) is 17.2 Å². The van der Waals surface area contributed by atoms with Crippen LogP contribution in [0, 0.1) is 0 Å². The van der Waals surface area contributed by atoms with Gasteiger partial charge in [0.25, 0.3) is 5.91 Å². The zero-order valence-corrected chi connectivity index (χ0v) is 18.3. The summed E-state index contributed by atoms with van der Waals surface area (Å²) >= 11 is 0. The number of amides is 1. The highest BCUT2D eigenvalue weighted by Crippen LogP contribution is 2.47. The molecule has 0 saturated carbocycles. The molecule has 0 saturated heterocycles. The van der Waals surface area contributed by atoms with Crippen LogP contribution in [-0.4, -0.2) is 40.3 Å². The van der Waals surface area contributed by atoms with Crippen molar-refractivity contribution < 1.29 is 19.4 Å². The number of hydrogen-bond donors (Lipinski definition) is 2. The lowest BCUT2D eigenvalue weighted by atomic mass is 9.95. The molecule has 0 aliphatic carbocycles. The summed E-state index contributed by atoms with van der Waals surface area (Å²) in [4.78, 5) is 15.3. The maximum atomic E-state index is 13.5. The molecular weight excluding hydrogens is 418 g/mol. The summed E-state index contributed by atoms with van der Waals surface area (Å²) < 4.78 is 10.8. The Morgan fingerprint density at radius 1 is 0.970 bits per heavy atom. The highest BCUT2D eigenvalue weighted by atomic mass is 16.5. The molecule has 0 spiro atoms. The van der Waals surface area contributed by atoms with E-state index in [2.05, 4.69) is 10.2 Å². The number of hydrogen-bond acceptors (Lipinski definition) is 5. The molecular formula is C26H23N3O4. The Kier molecular flexibility index (Phi) is 5.22. The normalized spacial score (nSPS) is 14.9. The molecule has 5 rings (SSSR count). The lowest BCUT2D eigenvalue weighted by molar-refractivity contribution is 0.0729. The summed E-state index contributed by atoms with van der Waals surface area (Å²) in [6.07, 6.45) is 0. The molecule has 1 amide bonds. The fourth-order valence-corrected chi connectivity index (χ4v) is 4.37. The van der Waals surface area contributed by atoms with E-state index < -0.39 is 6.04 Å². The van der Waals surface area contributed by atoms with E-state index in [9.17, 15) is 9.90 Å². The maximum Gasteiger partial charge on any atom is 0.273 e. The van der Waals surface area contributed by atoms with Crippen molar-refractivity contribution >= 4 is 5.91 Å². The summed E-state index contributed by atoms with van der Waals surface area (Å²) in [7, 11) is 2.97. The Labute approximate surface area is 191 Å². The zero-order chi connectivity index (χ0) is 22.9. The number of aromatic hydroxyl groups is 1. The third-order valence-corrected chi connectivity index (χ3v) is 5.92. The number of nitrogens with one attached hydrogen (secondary N) is 1. The Bertz CT molecular complexity index is 1280. The predicted molar refractivity (Wildman–Crippen MR) is 123 cm³/mol. The molecule has 7 heteroatoms. The van der Waals surface area contributed by atoms with Crippen LogP contribution in [0.4, 0.5) is 0 Å². The van der Waals surface area contributed by atoms with Crippen LogP contribution in [0.2, 0.25) is 0 Å². The molecule has 2 heterocycles. The van der Waals surface area contributed by atoms with Crippen molar-refractivity contribution in [1.82, 2.24) is 15.1 Å². The Morgan fingerprint density at radius 3 is 2.18 bits per heavy atom. The van der Waals surface area contributed by atoms with E-state index in [1.807, 2.05) is 60.7 Å². The Morgan fingerprint density at radius 2 is 1.58 bits per heavy atom. The second-order valence-electron chi connectivity index (χ2n) is 7.82. The van der Waals surface area contributed by atoms with E-state index in [1.165, 1.54) is 14.2 Å². The first-order chi connectivity index (χ1) is 16.1. The highest BCUT2D eigenvalue weighted by Gasteiger charge is 2.42. The van der Waals surface area contributed by atoms with Crippen LogP contribution in [0.3, 0.4) is 0 Å². The molecule has 2 N–H and O–H groups in total. The number of nitrogens with zero attached hydrogens (tertiary/aromatic N) is 2. The van der Waals surface area contributed by atoms with Crippen LogP contribution >= 0.6 is 0 Å². The van der Waals surface area contributed by atoms with Gasteiger partial charge in [-0.15, -0.1) is 0 Å². The van der Waals surface area contributed by atoms with Gasteiger partial charge in [0.15, 0.2) is 11.5 Å². The minimum absolute atomic E-state index is 0.0848. The molecule has 4 aromatic rings. The first kappa shape index (κ1) is 20.6. The van der Waals surface area contributed by atoms with Gasteiger partial charge in [0.05, 0.1) is 26.0 Å². The third kappa shape index (κ3) is 3.47. The molecule has 0 bridgehead atoms. The number of carbonyl (C=O) groups excluding carboxylic acids is 1. The van der Waals surface area contributed by atoms with E-state index in [-0.39, 0.29) is 23.2 Å². The smallest absolute Gasteiger partial charge is 0.273 e. The van der Waals surface area contributed by atoms with Gasteiger partial charge in [0.2, 0.25) is 5.75 Å². The van der Waals surface area contributed by atoms with E-state index in [4.69, 9.17) is 9.47 Å². The number of rotatable bonds is 6. The second-order valence-corrected chi connectivity index (χ2v) is 7.82. The molecule has 7 nitrogen and oxygen atoms in total. The molecule has 3 aromatic carbocycles. The number of fused-ring (bicyclic) bond motifs is 1. The van der Waals surface area contributed by atoms with E-state index >= 15 is 0 Å². The van der Waals surface area contributed by atoms with Gasteiger partial charge >= 0.3 is 0 Å². The average molecular weight is 441 g/mol. The van der Waals surface area contributed by atoms with Crippen molar-refractivity contribution in [2.24, 2.45) is 0 Å². The summed E-state index contributed by atoms with van der Waals surface area (Å²) in [5, 5.41) is 17.9. The maximum absolute atomic E-state index is 13.5. The topological polar surface area (TPSA) is 87.7 Å². The number of methoxy groups -OCH3 is 2. The fourth-order valence-electron chi connectivity index (χ4n) is 4.37. The van der Waals surface area contributed by atoms with Gasteiger partial charge in [-0.1, -0.05) is 60.7 Å². The van der Waals surface area contributed by atoms with Crippen molar-refractivity contribution in [3.05, 3.63) is 95.2 Å². The van der Waals surface area contributed by atoms with Crippen molar-refractivity contribution in [3.8, 4) is 28.5 Å². The number of aromatic amines is 1. The van der Waals surface area contributed by atoms with E-state index in [0.29, 0.717) is 17.9 Å².